The van der Waals surface area contributed by atoms with Crippen LogP contribution in [-0.4, -0.2) is 7.11 Å². The molecule has 1 heteroatoms. The summed E-state index contributed by atoms with van der Waals surface area (Å²) >= 11 is 0. The third-order valence-corrected chi connectivity index (χ3v) is 3.43. The molecule has 0 saturated carbocycles. The molecule has 0 saturated heterocycles. The number of para-hydroxylation sites is 1. The van der Waals surface area contributed by atoms with Gasteiger partial charge in [0.25, 0.3) is 0 Å². The maximum absolute atomic E-state index is 5.06. The minimum Gasteiger partial charge on any atom is -0.496 e. The van der Waals surface area contributed by atoms with Crippen LogP contribution in [0.15, 0.2) is 61.7 Å². The Labute approximate surface area is 135 Å². The molecule has 0 unspecified atom stereocenters. The molecular formula is C21H26O. The van der Waals surface area contributed by atoms with Gasteiger partial charge in [-0.15, -0.1) is 0 Å². The number of aryl methyl sites for hydroxylation is 1. The molecule has 0 aromatic heterocycles. The molecular weight excluding hydrogens is 268 g/mol. The predicted molar refractivity (Wildman–Crippen MR) is 98.2 cm³/mol. The Bertz CT molecular complexity index is 584. The lowest BCUT2D eigenvalue weighted by Gasteiger charge is -2.03. The van der Waals surface area contributed by atoms with E-state index in [1.165, 1.54) is 30.4 Å². The molecule has 1 nitrogen and oxygen atoms in total. The van der Waals surface area contributed by atoms with E-state index in [-0.39, 0.29) is 0 Å². The molecule has 0 fully saturated rings. The average Bonchev–Trinajstić information content (AvgIpc) is 2.60. The van der Waals surface area contributed by atoms with Gasteiger partial charge in [0.05, 0.1) is 7.11 Å². The summed E-state index contributed by atoms with van der Waals surface area (Å²) in [6.45, 7) is 9.68. The van der Waals surface area contributed by atoms with E-state index in [1.807, 2.05) is 30.3 Å². The van der Waals surface area contributed by atoms with Crippen molar-refractivity contribution in [2.45, 2.75) is 26.2 Å². The van der Waals surface area contributed by atoms with Gasteiger partial charge < -0.3 is 4.74 Å². The number of ether oxygens (including phenoxy) is 1. The quantitative estimate of drug-likeness (QED) is 0.634. The van der Waals surface area contributed by atoms with Crippen LogP contribution in [0.4, 0.5) is 0 Å². The van der Waals surface area contributed by atoms with Gasteiger partial charge in [0, 0.05) is 5.56 Å². The summed E-state index contributed by atoms with van der Waals surface area (Å²) in [5.41, 5.74) is 3.74. The molecule has 0 spiro atoms. The zero-order chi connectivity index (χ0) is 16.2. The summed E-state index contributed by atoms with van der Waals surface area (Å²) in [5.74, 6) is 0.873. The Morgan fingerprint density at radius 3 is 2.05 bits per heavy atom. The lowest BCUT2D eigenvalue weighted by Crippen LogP contribution is -1.87. The first-order valence-electron chi connectivity index (χ1n) is 7.72. The molecule has 2 aromatic rings. The lowest BCUT2D eigenvalue weighted by molar-refractivity contribution is 0.414. The van der Waals surface area contributed by atoms with Crippen molar-refractivity contribution in [3.05, 3.63) is 78.4 Å². The number of benzene rings is 2. The van der Waals surface area contributed by atoms with Crippen molar-refractivity contribution in [3.63, 3.8) is 0 Å². The van der Waals surface area contributed by atoms with Crippen LogP contribution in [0.1, 0.15) is 36.5 Å². The van der Waals surface area contributed by atoms with E-state index in [9.17, 15) is 0 Å². The number of rotatable bonds is 6. The highest BCUT2D eigenvalue weighted by Gasteiger charge is 1.96. The average molecular weight is 294 g/mol. The minimum absolute atomic E-state index is 0.873. The smallest absolute Gasteiger partial charge is 0.126 e. The van der Waals surface area contributed by atoms with Gasteiger partial charge in [-0.2, -0.15) is 0 Å². The van der Waals surface area contributed by atoms with Crippen LogP contribution in [0.3, 0.4) is 0 Å². The molecule has 0 amide bonds. The number of unbranched alkanes of at least 4 members (excludes halogenated alkanes) is 1. The van der Waals surface area contributed by atoms with E-state index >= 15 is 0 Å². The highest BCUT2D eigenvalue weighted by molar-refractivity contribution is 5.55. The third-order valence-electron chi connectivity index (χ3n) is 3.43. The van der Waals surface area contributed by atoms with Crippen molar-refractivity contribution in [3.8, 4) is 5.75 Å². The molecule has 0 aliphatic rings. The predicted octanol–water partition coefficient (Wildman–Crippen LogP) is 6.01. The van der Waals surface area contributed by atoms with Crippen molar-refractivity contribution in [2.24, 2.45) is 0 Å². The standard InChI is InChI=1S/C12H16.C9H10O/c1-3-5-8-12-10-7-6-9-11(12)4-2;1-3-8-6-4-5-7-9(8)10-2/h4,6-7,9-10H,2-3,5,8H2,1H3;3-7H,1H2,2H3. The van der Waals surface area contributed by atoms with Gasteiger partial charge in [-0.05, 0) is 30.0 Å². The Kier molecular flexibility index (Phi) is 8.44. The van der Waals surface area contributed by atoms with Gasteiger partial charge in [0.15, 0.2) is 0 Å². The Morgan fingerprint density at radius 1 is 0.909 bits per heavy atom. The molecule has 0 N–H and O–H groups in total. The third kappa shape index (κ3) is 5.61. The summed E-state index contributed by atoms with van der Waals surface area (Å²) in [7, 11) is 1.66. The molecule has 2 aromatic carbocycles. The molecule has 0 heterocycles. The molecule has 0 radical (unpaired) electrons. The second-order valence-electron chi connectivity index (χ2n) is 4.95. The Morgan fingerprint density at radius 2 is 1.50 bits per heavy atom. The maximum Gasteiger partial charge on any atom is 0.126 e. The largest absolute Gasteiger partial charge is 0.496 e. The second-order valence-corrected chi connectivity index (χ2v) is 4.95. The van der Waals surface area contributed by atoms with Crippen LogP contribution in [0, 0.1) is 0 Å². The van der Waals surface area contributed by atoms with Crippen LogP contribution in [0.5, 0.6) is 5.75 Å². The van der Waals surface area contributed by atoms with Crippen LogP contribution < -0.4 is 4.74 Å². The molecule has 2 rings (SSSR count). The zero-order valence-electron chi connectivity index (χ0n) is 13.7. The van der Waals surface area contributed by atoms with Gasteiger partial charge in [-0.25, -0.2) is 0 Å². The van der Waals surface area contributed by atoms with Crippen LogP contribution >= 0.6 is 0 Å². The molecule has 116 valence electrons. The zero-order valence-corrected chi connectivity index (χ0v) is 13.7. The number of methoxy groups -OCH3 is 1. The number of hydrogen-bond acceptors (Lipinski definition) is 1. The van der Waals surface area contributed by atoms with E-state index in [4.69, 9.17) is 4.74 Å². The molecule has 0 atom stereocenters. The Balaban J connectivity index is 0.000000224. The summed E-state index contributed by atoms with van der Waals surface area (Å²) in [4.78, 5) is 0. The van der Waals surface area contributed by atoms with Gasteiger partial charge in [-0.3, -0.25) is 0 Å². The lowest BCUT2D eigenvalue weighted by atomic mass is 10.0. The Hall–Kier alpha value is -2.28. The van der Waals surface area contributed by atoms with Gasteiger partial charge in [-0.1, -0.05) is 81.1 Å². The summed E-state index contributed by atoms with van der Waals surface area (Å²) in [5, 5.41) is 0. The minimum atomic E-state index is 0.873. The van der Waals surface area contributed by atoms with Crippen molar-refractivity contribution in [2.75, 3.05) is 7.11 Å². The fourth-order valence-corrected chi connectivity index (χ4v) is 2.16. The van der Waals surface area contributed by atoms with E-state index < -0.39 is 0 Å². The van der Waals surface area contributed by atoms with E-state index in [2.05, 4.69) is 44.3 Å². The van der Waals surface area contributed by atoms with Gasteiger partial charge in [0.1, 0.15) is 5.75 Å². The van der Waals surface area contributed by atoms with E-state index in [1.54, 1.807) is 13.2 Å². The van der Waals surface area contributed by atoms with Crippen molar-refractivity contribution < 1.29 is 4.74 Å². The number of hydrogen-bond donors (Lipinski definition) is 0. The molecule has 0 bridgehead atoms. The second kappa shape index (κ2) is 10.4. The van der Waals surface area contributed by atoms with Crippen molar-refractivity contribution >= 4 is 12.2 Å². The van der Waals surface area contributed by atoms with Crippen LogP contribution in [-0.2, 0) is 6.42 Å². The maximum atomic E-state index is 5.06. The first kappa shape index (κ1) is 17.8. The highest BCUT2D eigenvalue weighted by Crippen LogP contribution is 2.17. The van der Waals surface area contributed by atoms with E-state index in [0.29, 0.717) is 0 Å². The summed E-state index contributed by atoms with van der Waals surface area (Å²) < 4.78 is 5.06. The van der Waals surface area contributed by atoms with Gasteiger partial charge >= 0.3 is 0 Å². The highest BCUT2D eigenvalue weighted by atomic mass is 16.5. The van der Waals surface area contributed by atoms with Crippen LogP contribution in [0.2, 0.25) is 0 Å². The SMILES string of the molecule is C=Cc1ccccc1CCCC.C=Cc1ccccc1OC. The first-order valence-corrected chi connectivity index (χ1v) is 7.72. The molecule has 0 aliphatic carbocycles. The normalized spacial score (nSPS) is 9.36. The first-order chi connectivity index (χ1) is 10.8. The monoisotopic (exact) mass is 294 g/mol. The summed E-state index contributed by atoms with van der Waals surface area (Å²) in [6.07, 6.45) is 7.42. The fourth-order valence-electron chi connectivity index (χ4n) is 2.16. The van der Waals surface area contributed by atoms with Crippen molar-refractivity contribution in [1.82, 2.24) is 0 Å². The summed E-state index contributed by atoms with van der Waals surface area (Å²) in [6, 6.07) is 16.2. The van der Waals surface area contributed by atoms with Crippen molar-refractivity contribution in [1.29, 1.82) is 0 Å². The van der Waals surface area contributed by atoms with Crippen LogP contribution in [0.25, 0.3) is 12.2 Å². The fraction of sp³-hybridized carbons (Fsp3) is 0.238. The molecule has 22 heavy (non-hydrogen) atoms. The molecule has 0 aliphatic heterocycles. The topological polar surface area (TPSA) is 9.23 Å². The van der Waals surface area contributed by atoms with Gasteiger partial charge in [0.2, 0.25) is 0 Å². The van der Waals surface area contributed by atoms with E-state index in [0.717, 1.165) is 11.3 Å².